The number of fused-ring (bicyclic) bond motifs is 1. The number of unbranched alkanes of at least 4 members (excludes halogenated alkanes) is 1. The number of nitrogens with zero attached hydrogens (tertiary/aromatic N) is 1. The third-order valence-corrected chi connectivity index (χ3v) is 3.64. The Labute approximate surface area is 98.1 Å². The summed E-state index contributed by atoms with van der Waals surface area (Å²) >= 11 is 7.90. The molecule has 2 N–H and O–H groups in total. The molecule has 0 unspecified atom stereocenters. The molecule has 80 valence electrons. The number of hydrogen-bond donors (Lipinski definition) is 1. The molecule has 0 spiro atoms. The van der Waals surface area contributed by atoms with Crippen LogP contribution in [0.3, 0.4) is 0 Å². The van der Waals surface area contributed by atoms with Gasteiger partial charge in [0, 0.05) is 0 Å². The Morgan fingerprint density at radius 3 is 3.00 bits per heavy atom. The second-order valence-corrected chi connectivity index (χ2v) is 4.75. The molecule has 0 fully saturated rings. The molecule has 0 atom stereocenters. The summed E-state index contributed by atoms with van der Waals surface area (Å²) < 4.78 is 1.16. The van der Waals surface area contributed by atoms with Gasteiger partial charge in [-0.1, -0.05) is 17.7 Å². The van der Waals surface area contributed by atoms with Gasteiger partial charge in [-0.2, -0.15) is 0 Å². The lowest BCUT2D eigenvalue weighted by molar-refractivity contribution is 0.745. The van der Waals surface area contributed by atoms with Crippen LogP contribution in [0.1, 0.15) is 18.4 Å². The summed E-state index contributed by atoms with van der Waals surface area (Å²) in [5.41, 5.74) is 9.42. The second kappa shape index (κ2) is 4.92. The molecule has 0 saturated heterocycles. The van der Waals surface area contributed by atoms with Crippen LogP contribution in [0.15, 0.2) is 17.6 Å². The summed E-state index contributed by atoms with van der Waals surface area (Å²) in [5, 5.41) is 0.811. The molecule has 15 heavy (non-hydrogen) atoms. The van der Waals surface area contributed by atoms with Crippen molar-refractivity contribution in [3.05, 3.63) is 28.2 Å². The number of thiazole rings is 1. The molecular formula is C11H13ClN2S. The van der Waals surface area contributed by atoms with Crippen LogP contribution >= 0.6 is 22.9 Å². The van der Waals surface area contributed by atoms with Crippen molar-refractivity contribution in [3.8, 4) is 0 Å². The molecule has 1 aromatic heterocycles. The van der Waals surface area contributed by atoms with E-state index >= 15 is 0 Å². The monoisotopic (exact) mass is 240 g/mol. The predicted molar refractivity (Wildman–Crippen MR) is 66.6 cm³/mol. The van der Waals surface area contributed by atoms with Gasteiger partial charge in [0.2, 0.25) is 0 Å². The number of rotatable bonds is 4. The normalized spacial score (nSPS) is 11.1. The Kier molecular flexibility index (Phi) is 3.57. The van der Waals surface area contributed by atoms with E-state index in [0.29, 0.717) is 0 Å². The van der Waals surface area contributed by atoms with Crippen molar-refractivity contribution in [3.63, 3.8) is 0 Å². The van der Waals surface area contributed by atoms with Crippen LogP contribution in [0.2, 0.25) is 5.02 Å². The summed E-state index contributed by atoms with van der Waals surface area (Å²) in [7, 11) is 0. The van der Waals surface area contributed by atoms with E-state index in [1.165, 1.54) is 5.56 Å². The van der Waals surface area contributed by atoms with Crippen molar-refractivity contribution < 1.29 is 0 Å². The molecule has 0 aliphatic rings. The van der Waals surface area contributed by atoms with Gasteiger partial charge in [-0.05, 0) is 37.4 Å². The first-order chi connectivity index (χ1) is 7.33. The SMILES string of the molecule is NCCCCc1ccc2scnc2c1Cl. The molecule has 1 heterocycles. The molecule has 2 aromatic rings. The van der Waals surface area contributed by atoms with Crippen LogP contribution in [0, 0.1) is 0 Å². The van der Waals surface area contributed by atoms with Gasteiger partial charge in [0.25, 0.3) is 0 Å². The van der Waals surface area contributed by atoms with Gasteiger partial charge in [-0.25, -0.2) is 4.98 Å². The van der Waals surface area contributed by atoms with E-state index < -0.39 is 0 Å². The topological polar surface area (TPSA) is 38.9 Å². The molecule has 1 aromatic carbocycles. The smallest absolute Gasteiger partial charge is 0.100 e. The second-order valence-electron chi connectivity index (χ2n) is 3.48. The van der Waals surface area contributed by atoms with E-state index in [1.54, 1.807) is 11.3 Å². The molecule has 2 nitrogen and oxygen atoms in total. The zero-order valence-corrected chi connectivity index (χ0v) is 9.94. The van der Waals surface area contributed by atoms with Gasteiger partial charge in [-0.3, -0.25) is 0 Å². The summed E-state index contributed by atoms with van der Waals surface area (Å²) in [6.07, 6.45) is 3.13. The third kappa shape index (κ3) is 2.30. The maximum atomic E-state index is 6.27. The van der Waals surface area contributed by atoms with Gasteiger partial charge in [0.15, 0.2) is 0 Å². The summed E-state index contributed by atoms with van der Waals surface area (Å²) in [6, 6.07) is 4.19. The first kappa shape index (κ1) is 10.9. The number of aryl methyl sites for hydroxylation is 1. The fourth-order valence-corrected chi connectivity index (χ4v) is 2.64. The van der Waals surface area contributed by atoms with Crippen molar-refractivity contribution >= 4 is 33.2 Å². The van der Waals surface area contributed by atoms with E-state index in [9.17, 15) is 0 Å². The first-order valence-corrected chi connectivity index (χ1v) is 6.29. The zero-order chi connectivity index (χ0) is 10.7. The molecule has 0 aliphatic carbocycles. The van der Waals surface area contributed by atoms with Crippen molar-refractivity contribution in [2.24, 2.45) is 5.73 Å². The van der Waals surface area contributed by atoms with Gasteiger partial charge >= 0.3 is 0 Å². The summed E-state index contributed by atoms with van der Waals surface area (Å²) in [5.74, 6) is 0. The van der Waals surface area contributed by atoms with Crippen molar-refractivity contribution in [2.75, 3.05) is 6.54 Å². The highest BCUT2D eigenvalue weighted by Crippen LogP contribution is 2.29. The van der Waals surface area contributed by atoms with Gasteiger partial charge in [-0.15, -0.1) is 11.3 Å². The summed E-state index contributed by atoms with van der Waals surface area (Å²) in [4.78, 5) is 4.27. The third-order valence-electron chi connectivity index (χ3n) is 2.42. The highest BCUT2D eigenvalue weighted by atomic mass is 35.5. The molecule has 2 rings (SSSR count). The quantitative estimate of drug-likeness (QED) is 0.834. The van der Waals surface area contributed by atoms with Crippen molar-refractivity contribution in [1.82, 2.24) is 4.98 Å². The van der Waals surface area contributed by atoms with Crippen LogP contribution in [0.4, 0.5) is 0 Å². The maximum Gasteiger partial charge on any atom is 0.100 e. The zero-order valence-electron chi connectivity index (χ0n) is 8.37. The Bertz CT molecular complexity index is 453. The van der Waals surface area contributed by atoms with E-state index in [-0.39, 0.29) is 0 Å². The van der Waals surface area contributed by atoms with Gasteiger partial charge in [0.1, 0.15) is 5.52 Å². The first-order valence-electron chi connectivity index (χ1n) is 5.03. The molecule has 0 amide bonds. The fourth-order valence-electron chi connectivity index (χ4n) is 1.59. The minimum atomic E-state index is 0.747. The molecular weight excluding hydrogens is 228 g/mol. The van der Waals surface area contributed by atoms with Crippen molar-refractivity contribution in [2.45, 2.75) is 19.3 Å². The van der Waals surface area contributed by atoms with E-state index in [4.69, 9.17) is 17.3 Å². The number of aromatic nitrogens is 1. The molecule has 0 saturated carbocycles. The lowest BCUT2D eigenvalue weighted by Gasteiger charge is -2.03. The predicted octanol–water partition coefficient (Wildman–Crippen LogP) is 3.23. The molecule has 4 heteroatoms. The van der Waals surface area contributed by atoms with Crippen LogP contribution in [-0.4, -0.2) is 11.5 Å². The average Bonchev–Trinajstić information content (AvgIpc) is 2.70. The molecule has 0 bridgehead atoms. The largest absolute Gasteiger partial charge is 0.330 e. The van der Waals surface area contributed by atoms with Crippen LogP contribution < -0.4 is 5.73 Å². The Balaban J connectivity index is 2.23. The van der Waals surface area contributed by atoms with E-state index in [1.807, 2.05) is 5.51 Å². The Hall–Kier alpha value is -0.640. The van der Waals surface area contributed by atoms with Crippen LogP contribution in [0.25, 0.3) is 10.2 Å². The van der Waals surface area contributed by atoms with Gasteiger partial charge < -0.3 is 5.73 Å². The summed E-state index contributed by atoms with van der Waals surface area (Å²) in [6.45, 7) is 0.747. The minimum absolute atomic E-state index is 0.747. The number of hydrogen-bond acceptors (Lipinski definition) is 3. The standard InChI is InChI=1S/C11H13ClN2S/c12-10-8(3-1-2-6-13)4-5-9-11(10)14-7-15-9/h4-5,7H,1-3,6,13H2. The van der Waals surface area contributed by atoms with E-state index in [0.717, 1.165) is 41.0 Å². The lowest BCUT2D eigenvalue weighted by Crippen LogP contribution is -1.99. The number of nitrogens with two attached hydrogens (primary N) is 1. The average molecular weight is 241 g/mol. The van der Waals surface area contributed by atoms with E-state index in [2.05, 4.69) is 17.1 Å². The highest BCUT2D eigenvalue weighted by Gasteiger charge is 2.07. The maximum absolute atomic E-state index is 6.27. The fraction of sp³-hybridized carbons (Fsp3) is 0.364. The van der Waals surface area contributed by atoms with Crippen LogP contribution in [0.5, 0.6) is 0 Å². The number of halogens is 1. The Morgan fingerprint density at radius 1 is 1.33 bits per heavy atom. The highest BCUT2D eigenvalue weighted by molar-refractivity contribution is 7.16. The Morgan fingerprint density at radius 2 is 2.20 bits per heavy atom. The molecule has 0 aliphatic heterocycles. The van der Waals surface area contributed by atoms with Gasteiger partial charge in [0.05, 0.1) is 15.2 Å². The molecule has 0 radical (unpaired) electrons. The lowest BCUT2D eigenvalue weighted by atomic mass is 10.1. The van der Waals surface area contributed by atoms with Crippen LogP contribution in [-0.2, 0) is 6.42 Å². The van der Waals surface area contributed by atoms with Crippen molar-refractivity contribution in [1.29, 1.82) is 0 Å². The minimum Gasteiger partial charge on any atom is -0.330 e. The number of benzene rings is 1.